The minimum absolute atomic E-state index is 0.0783. The van der Waals surface area contributed by atoms with E-state index in [1.165, 1.54) is 0 Å². The summed E-state index contributed by atoms with van der Waals surface area (Å²) in [5.41, 5.74) is 0. The standard InChI is InChI=1S/C12H20F3N3O/c1-9-6-17-4-2-3-10(17)7-18(9)11(19)5-16-8-12(13,14)15/h9-10,16H,2-8H2,1H3. The predicted octanol–water partition coefficient (Wildman–Crippen LogP) is 0.833. The highest BCUT2D eigenvalue weighted by Crippen LogP contribution is 2.24. The Balaban J connectivity index is 1.81. The van der Waals surface area contributed by atoms with Crippen LogP contribution >= 0.6 is 0 Å². The van der Waals surface area contributed by atoms with Gasteiger partial charge < -0.3 is 10.2 Å². The number of halogens is 3. The van der Waals surface area contributed by atoms with Gasteiger partial charge in [-0.2, -0.15) is 13.2 Å². The molecule has 2 aliphatic heterocycles. The summed E-state index contributed by atoms with van der Waals surface area (Å²) in [6, 6.07) is 0.470. The summed E-state index contributed by atoms with van der Waals surface area (Å²) in [5.74, 6) is -0.233. The Hall–Kier alpha value is -0.820. The molecule has 0 radical (unpaired) electrons. The van der Waals surface area contributed by atoms with Crippen LogP contribution in [0.5, 0.6) is 0 Å². The number of carbonyl (C=O) groups is 1. The Labute approximate surface area is 110 Å². The monoisotopic (exact) mass is 279 g/mol. The largest absolute Gasteiger partial charge is 0.401 e. The molecule has 0 aromatic carbocycles. The molecule has 110 valence electrons. The fourth-order valence-electron chi connectivity index (χ4n) is 2.95. The number of alkyl halides is 3. The number of hydrogen-bond acceptors (Lipinski definition) is 3. The van der Waals surface area contributed by atoms with Gasteiger partial charge in [-0.15, -0.1) is 0 Å². The average Bonchev–Trinajstić information content (AvgIpc) is 2.72. The lowest BCUT2D eigenvalue weighted by Gasteiger charge is -2.42. The van der Waals surface area contributed by atoms with Crippen molar-refractivity contribution in [2.24, 2.45) is 0 Å². The highest BCUT2D eigenvalue weighted by atomic mass is 19.4. The van der Waals surface area contributed by atoms with Crippen LogP contribution in [0.25, 0.3) is 0 Å². The molecule has 2 heterocycles. The SMILES string of the molecule is CC1CN2CCCC2CN1C(=O)CNCC(F)(F)F. The lowest BCUT2D eigenvalue weighted by molar-refractivity contribution is -0.138. The van der Waals surface area contributed by atoms with Crippen LogP contribution in [-0.4, -0.2) is 66.7 Å². The third-order valence-corrected chi connectivity index (χ3v) is 3.86. The van der Waals surface area contributed by atoms with E-state index in [0.29, 0.717) is 12.6 Å². The molecule has 2 fully saturated rings. The average molecular weight is 279 g/mol. The number of hydrogen-bond donors (Lipinski definition) is 1. The topological polar surface area (TPSA) is 35.6 Å². The molecule has 0 spiro atoms. The first kappa shape index (κ1) is 14.6. The summed E-state index contributed by atoms with van der Waals surface area (Å²) in [6.45, 7) is 3.15. The van der Waals surface area contributed by atoms with Gasteiger partial charge in [0.05, 0.1) is 13.1 Å². The van der Waals surface area contributed by atoms with Gasteiger partial charge in [-0.3, -0.25) is 9.69 Å². The first-order chi connectivity index (χ1) is 8.87. The van der Waals surface area contributed by atoms with E-state index in [4.69, 9.17) is 0 Å². The second-order valence-electron chi connectivity index (χ2n) is 5.40. The van der Waals surface area contributed by atoms with Crippen LogP contribution < -0.4 is 5.32 Å². The van der Waals surface area contributed by atoms with Crippen molar-refractivity contribution in [1.29, 1.82) is 0 Å². The maximum absolute atomic E-state index is 12.0. The van der Waals surface area contributed by atoms with E-state index in [1.54, 1.807) is 4.90 Å². The predicted molar refractivity (Wildman–Crippen MR) is 64.7 cm³/mol. The molecule has 0 aromatic rings. The van der Waals surface area contributed by atoms with E-state index in [2.05, 4.69) is 10.2 Å². The number of rotatable bonds is 3. The van der Waals surface area contributed by atoms with Gasteiger partial charge in [0.1, 0.15) is 0 Å². The summed E-state index contributed by atoms with van der Waals surface area (Å²) in [7, 11) is 0. The Morgan fingerprint density at radius 3 is 2.79 bits per heavy atom. The molecule has 2 aliphatic rings. The van der Waals surface area contributed by atoms with E-state index >= 15 is 0 Å². The molecule has 1 amide bonds. The van der Waals surface area contributed by atoms with Crippen molar-refractivity contribution in [1.82, 2.24) is 15.1 Å². The van der Waals surface area contributed by atoms with Crippen molar-refractivity contribution < 1.29 is 18.0 Å². The van der Waals surface area contributed by atoms with Crippen LogP contribution in [0.3, 0.4) is 0 Å². The highest BCUT2D eigenvalue weighted by molar-refractivity contribution is 5.78. The molecule has 0 aromatic heterocycles. The minimum Gasteiger partial charge on any atom is -0.336 e. The molecular formula is C12H20F3N3O. The van der Waals surface area contributed by atoms with Gasteiger partial charge in [-0.1, -0.05) is 0 Å². The Kier molecular flexibility index (Phi) is 4.35. The van der Waals surface area contributed by atoms with Gasteiger partial charge in [0, 0.05) is 25.2 Å². The van der Waals surface area contributed by atoms with Crippen LogP contribution in [0.2, 0.25) is 0 Å². The number of fused-ring (bicyclic) bond motifs is 1. The Bertz CT molecular complexity index is 335. The van der Waals surface area contributed by atoms with Gasteiger partial charge in [0.15, 0.2) is 0 Å². The number of piperazine rings is 1. The van der Waals surface area contributed by atoms with Crippen LogP contribution in [0.15, 0.2) is 0 Å². The molecule has 4 nitrogen and oxygen atoms in total. The van der Waals surface area contributed by atoms with E-state index in [0.717, 1.165) is 25.9 Å². The second kappa shape index (κ2) is 5.66. The lowest BCUT2D eigenvalue weighted by atomic mass is 10.1. The van der Waals surface area contributed by atoms with Gasteiger partial charge in [0.2, 0.25) is 5.91 Å². The molecule has 7 heteroatoms. The zero-order valence-electron chi connectivity index (χ0n) is 11.0. The van der Waals surface area contributed by atoms with Crippen LogP contribution in [-0.2, 0) is 4.79 Å². The normalized spacial score (nSPS) is 28.5. The van der Waals surface area contributed by atoms with Crippen molar-refractivity contribution in [3.05, 3.63) is 0 Å². The van der Waals surface area contributed by atoms with Crippen molar-refractivity contribution >= 4 is 5.91 Å². The maximum atomic E-state index is 12.0. The first-order valence-corrected chi connectivity index (χ1v) is 6.68. The number of nitrogens with zero attached hydrogens (tertiary/aromatic N) is 2. The van der Waals surface area contributed by atoms with E-state index in [-0.39, 0.29) is 18.5 Å². The quantitative estimate of drug-likeness (QED) is 0.831. The summed E-state index contributed by atoms with van der Waals surface area (Å²) in [6.07, 6.45) is -2.05. The smallest absolute Gasteiger partial charge is 0.336 e. The molecule has 2 saturated heterocycles. The molecule has 0 saturated carbocycles. The molecule has 2 unspecified atom stereocenters. The maximum Gasteiger partial charge on any atom is 0.401 e. The summed E-state index contributed by atoms with van der Waals surface area (Å²) >= 11 is 0. The summed E-state index contributed by atoms with van der Waals surface area (Å²) in [4.78, 5) is 16.1. The van der Waals surface area contributed by atoms with E-state index < -0.39 is 12.7 Å². The molecule has 2 rings (SSSR count). The van der Waals surface area contributed by atoms with Gasteiger partial charge in [0.25, 0.3) is 0 Å². The van der Waals surface area contributed by atoms with E-state index in [1.807, 2.05) is 6.92 Å². The van der Waals surface area contributed by atoms with Crippen molar-refractivity contribution in [2.45, 2.75) is 38.0 Å². The van der Waals surface area contributed by atoms with Gasteiger partial charge >= 0.3 is 6.18 Å². The number of amides is 1. The third kappa shape index (κ3) is 3.82. The molecule has 1 N–H and O–H groups in total. The molecule has 0 aliphatic carbocycles. The Morgan fingerprint density at radius 1 is 1.37 bits per heavy atom. The van der Waals surface area contributed by atoms with Crippen molar-refractivity contribution in [2.75, 3.05) is 32.7 Å². The zero-order valence-corrected chi connectivity index (χ0v) is 11.0. The highest BCUT2D eigenvalue weighted by Gasteiger charge is 2.36. The van der Waals surface area contributed by atoms with Gasteiger partial charge in [-0.25, -0.2) is 0 Å². The van der Waals surface area contributed by atoms with Crippen molar-refractivity contribution in [3.8, 4) is 0 Å². The van der Waals surface area contributed by atoms with Crippen LogP contribution in [0.4, 0.5) is 13.2 Å². The summed E-state index contributed by atoms with van der Waals surface area (Å²) in [5, 5.41) is 2.17. The zero-order chi connectivity index (χ0) is 14.0. The second-order valence-corrected chi connectivity index (χ2v) is 5.40. The number of nitrogens with one attached hydrogen (secondary N) is 1. The third-order valence-electron chi connectivity index (χ3n) is 3.86. The molecular weight excluding hydrogens is 259 g/mol. The van der Waals surface area contributed by atoms with Crippen molar-refractivity contribution in [3.63, 3.8) is 0 Å². The Morgan fingerprint density at radius 2 is 2.11 bits per heavy atom. The van der Waals surface area contributed by atoms with Crippen LogP contribution in [0.1, 0.15) is 19.8 Å². The first-order valence-electron chi connectivity index (χ1n) is 6.68. The van der Waals surface area contributed by atoms with Gasteiger partial charge in [-0.05, 0) is 26.3 Å². The fraction of sp³-hybridized carbons (Fsp3) is 0.917. The minimum atomic E-state index is -4.27. The molecule has 0 bridgehead atoms. The molecule has 2 atom stereocenters. The number of carbonyl (C=O) groups excluding carboxylic acids is 1. The molecule has 19 heavy (non-hydrogen) atoms. The van der Waals surface area contributed by atoms with Crippen LogP contribution in [0, 0.1) is 0 Å². The fourth-order valence-corrected chi connectivity index (χ4v) is 2.95. The summed E-state index contributed by atoms with van der Waals surface area (Å²) < 4.78 is 36.0. The lowest BCUT2D eigenvalue weighted by Crippen LogP contribution is -2.58. The van der Waals surface area contributed by atoms with E-state index in [9.17, 15) is 18.0 Å².